The summed E-state index contributed by atoms with van der Waals surface area (Å²) in [5.74, 6) is 1.64. The maximum atomic E-state index is 11.8. The van der Waals surface area contributed by atoms with Crippen molar-refractivity contribution < 1.29 is 23.7 Å². The van der Waals surface area contributed by atoms with Gasteiger partial charge in [0.05, 0.1) is 21.3 Å². The van der Waals surface area contributed by atoms with Crippen LogP contribution in [0.5, 0.6) is 17.2 Å². The number of methoxy groups -OCH3 is 3. The van der Waals surface area contributed by atoms with Crippen LogP contribution >= 0.6 is 0 Å². The van der Waals surface area contributed by atoms with Gasteiger partial charge < -0.3 is 18.9 Å². The highest BCUT2D eigenvalue weighted by Crippen LogP contribution is 2.23. The summed E-state index contributed by atoms with van der Waals surface area (Å²) in [5, 5.41) is 0. The van der Waals surface area contributed by atoms with E-state index in [4.69, 9.17) is 18.9 Å². The van der Waals surface area contributed by atoms with Gasteiger partial charge in [-0.25, -0.2) is 4.79 Å². The number of ether oxygens (including phenoxy) is 4. The number of benzene rings is 2. The van der Waals surface area contributed by atoms with E-state index >= 15 is 0 Å². The molecule has 0 saturated heterocycles. The first-order valence-corrected chi connectivity index (χ1v) is 7.35. The zero-order valence-corrected chi connectivity index (χ0v) is 13.9. The maximum Gasteiger partial charge on any atom is 0.331 e. The molecule has 0 fully saturated rings. The van der Waals surface area contributed by atoms with Gasteiger partial charge in [0, 0.05) is 12.1 Å². The number of carbonyl (C=O) groups is 1. The predicted molar refractivity (Wildman–Crippen MR) is 91.4 cm³/mol. The van der Waals surface area contributed by atoms with Crippen LogP contribution < -0.4 is 14.2 Å². The van der Waals surface area contributed by atoms with E-state index in [1.807, 2.05) is 24.3 Å². The molecular formula is C19H20O5. The van der Waals surface area contributed by atoms with Gasteiger partial charge in [-0.05, 0) is 41.5 Å². The first-order valence-electron chi connectivity index (χ1n) is 7.35. The van der Waals surface area contributed by atoms with Crippen LogP contribution in [0.4, 0.5) is 0 Å². The van der Waals surface area contributed by atoms with Gasteiger partial charge in [0.15, 0.2) is 0 Å². The molecule has 0 aliphatic heterocycles. The second-order valence-corrected chi connectivity index (χ2v) is 4.94. The van der Waals surface area contributed by atoms with E-state index in [0.717, 1.165) is 16.9 Å². The van der Waals surface area contributed by atoms with Gasteiger partial charge in [-0.1, -0.05) is 12.1 Å². The number of hydrogen-bond acceptors (Lipinski definition) is 5. The molecule has 0 radical (unpaired) electrons. The minimum atomic E-state index is -0.424. The topological polar surface area (TPSA) is 54.0 Å². The highest BCUT2D eigenvalue weighted by molar-refractivity contribution is 5.87. The van der Waals surface area contributed by atoms with Crippen molar-refractivity contribution in [2.45, 2.75) is 6.61 Å². The van der Waals surface area contributed by atoms with Crippen molar-refractivity contribution in [2.75, 3.05) is 21.3 Å². The van der Waals surface area contributed by atoms with Crippen LogP contribution in [0.1, 0.15) is 11.1 Å². The lowest BCUT2D eigenvalue weighted by molar-refractivity contribution is -0.138. The Balaban J connectivity index is 1.94. The van der Waals surface area contributed by atoms with Gasteiger partial charge in [-0.3, -0.25) is 0 Å². The Hall–Kier alpha value is -2.95. The fraction of sp³-hybridized carbons (Fsp3) is 0.211. The van der Waals surface area contributed by atoms with Crippen LogP contribution in [0.3, 0.4) is 0 Å². The Morgan fingerprint density at radius 3 is 2.00 bits per heavy atom. The smallest absolute Gasteiger partial charge is 0.331 e. The quantitative estimate of drug-likeness (QED) is 0.575. The van der Waals surface area contributed by atoms with E-state index in [0.29, 0.717) is 11.5 Å². The van der Waals surface area contributed by atoms with Crippen molar-refractivity contribution in [3.63, 3.8) is 0 Å². The van der Waals surface area contributed by atoms with Crippen molar-refractivity contribution in [1.29, 1.82) is 0 Å². The lowest BCUT2D eigenvalue weighted by atomic mass is 10.2. The molecule has 5 nitrogen and oxygen atoms in total. The molecule has 0 N–H and O–H groups in total. The summed E-state index contributed by atoms with van der Waals surface area (Å²) in [6.07, 6.45) is 3.03. The second-order valence-electron chi connectivity index (χ2n) is 4.94. The largest absolute Gasteiger partial charge is 0.497 e. The van der Waals surface area contributed by atoms with Crippen molar-refractivity contribution in [2.24, 2.45) is 0 Å². The summed E-state index contributed by atoms with van der Waals surface area (Å²) in [7, 11) is 4.75. The van der Waals surface area contributed by atoms with Crippen molar-refractivity contribution in [3.05, 3.63) is 59.7 Å². The van der Waals surface area contributed by atoms with E-state index in [1.165, 1.54) is 6.08 Å². The van der Waals surface area contributed by atoms with Gasteiger partial charge in [-0.2, -0.15) is 0 Å². The summed E-state index contributed by atoms with van der Waals surface area (Å²) in [6.45, 7) is 0.203. The molecule has 2 rings (SSSR count). The molecule has 0 atom stereocenters. The third kappa shape index (κ3) is 5.05. The maximum absolute atomic E-state index is 11.8. The van der Waals surface area contributed by atoms with Crippen LogP contribution in [0.2, 0.25) is 0 Å². The number of hydrogen-bond donors (Lipinski definition) is 0. The first kappa shape index (κ1) is 17.4. The second kappa shape index (κ2) is 8.62. The standard InChI is InChI=1S/C19H20O5/c1-21-16-7-4-14(5-8-16)13-24-19(20)9-6-15-10-17(22-2)12-18(11-15)23-3/h4-12H,13H2,1-3H3/b9-6+. The Kier molecular flexibility index (Phi) is 6.25. The van der Waals surface area contributed by atoms with Crippen molar-refractivity contribution in [1.82, 2.24) is 0 Å². The van der Waals surface area contributed by atoms with Crippen molar-refractivity contribution >= 4 is 12.0 Å². The van der Waals surface area contributed by atoms with E-state index in [9.17, 15) is 4.79 Å². The van der Waals surface area contributed by atoms with E-state index in [-0.39, 0.29) is 6.61 Å². The molecule has 0 bridgehead atoms. The molecule has 0 aliphatic carbocycles. The number of esters is 1. The lowest BCUT2D eigenvalue weighted by Gasteiger charge is -2.06. The summed E-state index contributed by atoms with van der Waals surface area (Å²) in [5.41, 5.74) is 1.67. The molecule has 2 aromatic rings. The fourth-order valence-electron chi connectivity index (χ4n) is 2.01. The van der Waals surface area contributed by atoms with Crippen LogP contribution in [0, 0.1) is 0 Å². The molecule has 0 unspecified atom stereocenters. The highest BCUT2D eigenvalue weighted by Gasteiger charge is 2.02. The van der Waals surface area contributed by atoms with Gasteiger partial charge in [-0.15, -0.1) is 0 Å². The average molecular weight is 328 g/mol. The van der Waals surface area contributed by atoms with E-state index < -0.39 is 5.97 Å². The summed E-state index contributed by atoms with van der Waals surface area (Å²) in [4.78, 5) is 11.8. The zero-order chi connectivity index (χ0) is 17.4. The lowest BCUT2D eigenvalue weighted by Crippen LogP contribution is -2.00. The van der Waals surface area contributed by atoms with Crippen LogP contribution in [0.25, 0.3) is 6.08 Å². The van der Waals surface area contributed by atoms with E-state index in [2.05, 4.69) is 0 Å². The molecule has 0 aromatic heterocycles. The van der Waals surface area contributed by atoms with Gasteiger partial charge in [0.1, 0.15) is 23.9 Å². The molecule has 2 aromatic carbocycles. The predicted octanol–water partition coefficient (Wildman–Crippen LogP) is 3.47. The highest BCUT2D eigenvalue weighted by atomic mass is 16.5. The first-order chi connectivity index (χ1) is 11.6. The van der Waals surface area contributed by atoms with Gasteiger partial charge >= 0.3 is 5.97 Å². The monoisotopic (exact) mass is 328 g/mol. The molecular weight excluding hydrogens is 308 g/mol. The number of carbonyl (C=O) groups excluding carboxylic acids is 1. The molecule has 0 amide bonds. The number of rotatable bonds is 7. The normalized spacial score (nSPS) is 10.5. The van der Waals surface area contributed by atoms with Gasteiger partial charge in [0.25, 0.3) is 0 Å². The van der Waals surface area contributed by atoms with Crippen LogP contribution in [-0.4, -0.2) is 27.3 Å². The third-order valence-electron chi connectivity index (χ3n) is 3.33. The zero-order valence-electron chi connectivity index (χ0n) is 13.9. The van der Waals surface area contributed by atoms with Gasteiger partial charge in [0.2, 0.25) is 0 Å². The summed E-state index contributed by atoms with van der Waals surface area (Å²) in [6, 6.07) is 12.7. The molecule has 0 heterocycles. The van der Waals surface area contributed by atoms with Crippen molar-refractivity contribution in [3.8, 4) is 17.2 Å². The van der Waals surface area contributed by atoms with Crippen LogP contribution in [0.15, 0.2) is 48.5 Å². The molecule has 5 heteroatoms. The molecule has 126 valence electrons. The minimum Gasteiger partial charge on any atom is -0.497 e. The SMILES string of the molecule is COc1ccc(COC(=O)/C=C/c2cc(OC)cc(OC)c2)cc1. The summed E-state index contributed by atoms with van der Waals surface area (Å²) < 4.78 is 20.7. The third-order valence-corrected chi connectivity index (χ3v) is 3.33. The molecule has 24 heavy (non-hydrogen) atoms. The molecule has 0 saturated carbocycles. The van der Waals surface area contributed by atoms with E-state index in [1.54, 1.807) is 45.6 Å². The molecule has 0 spiro atoms. The Labute approximate surface area is 141 Å². The molecule has 0 aliphatic rings. The average Bonchev–Trinajstić information content (AvgIpc) is 2.64. The summed E-state index contributed by atoms with van der Waals surface area (Å²) >= 11 is 0. The van der Waals surface area contributed by atoms with Crippen LogP contribution in [-0.2, 0) is 16.1 Å². The Morgan fingerprint density at radius 2 is 1.46 bits per heavy atom. The Bertz CT molecular complexity index is 682. The Morgan fingerprint density at radius 1 is 0.875 bits per heavy atom. The fourth-order valence-corrected chi connectivity index (χ4v) is 2.01. The minimum absolute atomic E-state index is 0.203.